The first-order valence-electron chi connectivity index (χ1n) is 3.86. The fourth-order valence-electron chi connectivity index (χ4n) is 0.774. The summed E-state index contributed by atoms with van der Waals surface area (Å²) in [5.74, 6) is -1.70. The molecule has 0 bridgehead atoms. The highest BCUT2D eigenvalue weighted by molar-refractivity contribution is 5.80. The summed E-state index contributed by atoms with van der Waals surface area (Å²) < 4.78 is 40.9. The van der Waals surface area contributed by atoms with Crippen LogP contribution in [0.2, 0.25) is 0 Å². The van der Waals surface area contributed by atoms with Gasteiger partial charge in [-0.15, -0.1) is 6.58 Å². The van der Waals surface area contributed by atoms with Gasteiger partial charge in [0.2, 0.25) is 0 Å². The SMILES string of the molecule is C=CCC(O)(C(=O)OCC)C(F)(F)F. The minimum absolute atomic E-state index is 0.228. The average Bonchev–Trinajstić information content (AvgIpc) is 2.03. The van der Waals surface area contributed by atoms with E-state index in [2.05, 4.69) is 11.3 Å². The highest BCUT2D eigenvalue weighted by atomic mass is 19.4. The fraction of sp³-hybridized carbons (Fsp3) is 0.625. The van der Waals surface area contributed by atoms with E-state index in [0.29, 0.717) is 0 Å². The molecule has 14 heavy (non-hydrogen) atoms. The highest BCUT2D eigenvalue weighted by Crippen LogP contribution is 2.34. The number of ether oxygens (including phenoxy) is 1. The number of hydrogen-bond acceptors (Lipinski definition) is 3. The molecule has 6 heteroatoms. The van der Waals surface area contributed by atoms with Crippen molar-refractivity contribution in [1.82, 2.24) is 0 Å². The number of halogens is 3. The lowest BCUT2D eigenvalue weighted by Gasteiger charge is -2.26. The Kier molecular flexibility index (Phi) is 4.12. The molecule has 1 N–H and O–H groups in total. The summed E-state index contributed by atoms with van der Waals surface area (Å²) in [6, 6.07) is 0. The molecule has 0 saturated carbocycles. The summed E-state index contributed by atoms with van der Waals surface area (Å²) in [5.41, 5.74) is -3.48. The predicted molar refractivity (Wildman–Crippen MR) is 42.5 cm³/mol. The van der Waals surface area contributed by atoms with E-state index in [1.807, 2.05) is 0 Å². The molecule has 0 aliphatic rings. The van der Waals surface area contributed by atoms with E-state index >= 15 is 0 Å². The summed E-state index contributed by atoms with van der Waals surface area (Å²) >= 11 is 0. The second-order valence-corrected chi connectivity index (χ2v) is 2.57. The summed E-state index contributed by atoms with van der Waals surface area (Å²) in [5, 5.41) is 9.08. The fourth-order valence-corrected chi connectivity index (χ4v) is 0.774. The number of hydrogen-bond donors (Lipinski definition) is 1. The van der Waals surface area contributed by atoms with Gasteiger partial charge in [-0.05, 0) is 6.92 Å². The zero-order valence-electron chi connectivity index (χ0n) is 7.60. The van der Waals surface area contributed by atoms with Crippen LogP contribution in [0, 0.1) is 0 Å². The summed E-state index contributed by atoms with van der Waals surface area (Å²) in [6.07, 6.45) is -5.17. The van der Waals surface area contributed by atoms with Crippen LogP contribution in [-0.4, -0.2) is 29.5 Å². The van der Waals surface area contributed by atoms with Crippen LogP contribution in [0.5, 0.6) is 0 Å². The highest BCUT2D eigenvalue weighted by Gasteiger charge is 2.59. The smallest absolute Gasteiger partial charge is 0.428 e. The number of carbonyl (C=O) groups excluding carboxylic acids is 1. The van der Waals surface area contributed by atoms with Crippen LogP contribution >= 0.6 is 0 Å². The normalized spacial score (nSPS) is 15.8. The largest absolute Gasteiger partial charge is 0.464 e. The summed E-state index contributed by atoms with van der Waals surface area (Å²) in [7, 11) is 0. The van der Waals surface area contributed by atoms with Crippen LogP contribution in [-0.2, 0) is 9.53 Å². The monoisotopic (exact) mass is 212 g/mol. The van der Waals surface area contributed by atoms with Crippen molar-refractivity contribution in [3.05, 3.63) is 12.7 Å². The van der Waals surface area contributed by atoms with E-state index in [0.717, 1.165) is 6.08 Å². The first-order valence-corrected chi connectivity index (χ1v) is 3.86. The molecule has 0 fully saturated rings. The molecule has 0 heterocycles. The van der Waals surface area contributed by atoms with Crippen molar-refractivity contribution in [2.45, 2.75) is 25.1 Å². The van der Waals surface area contributed by atoms with Gasteiger partial charge in [0, 0.05) is 6.42 Å². The summed E-state index contributed by atoms with van der Waals surface area (Å²) in [6.45, 7) is 4.16. The van der Waals surface area contributed by atoms with Gasteiger partial charge in [-0.1, -0.05) is 6.08 Å². The first kappa shape index (κ1) is 13.0. The van der Waals surface area contributed by atoms with Crippen LogP contribution in [0.1, 0.15) is 13.3 Å². The topological polar surface area (TPSA) is 46.5 Å². The van der Waals surface area contributed by atoms with Gasteiger partial charge in [0.05, 0.1) is 6.61 Å². The minimum Gasteiger partial charge on any atom is -0.464 e. The summed E-state index contributed by atoms with van der Waals surface area (Å²) in [4.78, 5) is 10.9. The molecule has 3 nitrogen and oxygen atoms in total. The zero-order valence-corrected chi connectivity index (χ0v) is 7.60. The van der Waals surface area contributed by atoms with Crippen molar-refractivity contribution in [2.75, 3.05) is 6.61 Å². The molecule has 0 radical (unpaired) electrons. The van der Waals surface area contributed by atoms with Crippen molar-refractivity contribution < 1.29 is 27.8 Å². The Hall–Kier alpha value is -1.04. The van der Waals surface area contributed by atoms with Gasteiger partial charge < -0.3 is 9.84 Å². The predicted octanol–water partition coefficient (Wildman–Crippen LogP) is 1.42. The van der Waals surface area contributed by atoms with Gasteiger partial charge >= 0.3 is 12.1 Å². The second-order valence-electron chi connectivity index (χ2n) is 2.57. The van der Waals surface area contributed by atoms with Crippen molar-refractivity contribution >= 4 is 5.97 Å². The lowest BCUT2D eigenvalue weighted by atomic mass is 9.99. The Balaban J connectivity index is 4.89. The molecular weight excluding hydrogens is 201 g/mol. The van der Waals surface area contributed by atoms with E-state index in [1.165, 1.54) is 6.92 Å². The number of esters is 1. The van der Waals surface area contributed by atoms with Crippen LogP contribution in [0.25, 0.3) is 0 Å². The third-order valence-electron chi connectivity index (χ3n) is 1.52. The van der Waals surface area contributed by atoms with Crippen molar-refractivity contribution in [3.63, 3.8) is 0 Å². The molecule has 82 valence electrons. The number of aliphatic hydroxyl groups is 1. The maximum atomic E-state index is 12.3. The lowest BCUT2D eigenvalue weighted by Crippen LogP contribution is -2.52. The Labute approximate surface area is 79.2 Å². The van der Waals surface area contributed by atoms with E-state index in [4.69, 9.17) is 5.11 Å². The van der Waals surface area contributed by atoms with Crippen LogP contribution in [0.3, 0.4) is 0 Å². The van der Waals surface area contributed by atoms with Crippen LogP contribution in [0.4, 0.5) is 13.2 Å². The molecule has 0 aliphatic heterocycles. The molecule has 0 aromatic carbocycles. The maximum absolute atomic E-state index is 12.3. The molecular formula is C8H11F3O3. The van der Waals surface area contributed by atoms with Gasteiger partial charge in [0.15, 0.2) is 0 Å². The second kappa shape index (κ2) is 4.45. The molecule has 1 atom stereocenters. The third-order valence-corrected chi connectivity index (χ3v) is 1.52. The maximum Gasteiger partial charge on any atom is 0.428 e. The Morgan fingerprint density at radius 1 is 1.57 bits per heavy atom. The van der Waals surface area contributed by atoms with E-state index in [-0.39, 0.29) is 6.61 Å². The Bertz CT molecular complexity index is 224. The molecule has 0 aromatic heterocycles. The lowest BCUT2D eigenvalue weighted by molar-refractivity contribution is -0.261. The molecule has 1 unspecified atom stereocenters. The molecule has 0 aromatic rings. The molecule has 0 aliphatic carbocycles. The van der Waals surface area contributed by atoms with Gasteiger partial charge in [-0.25, -0.2) is 4.79 Å². The van der Waals surface area contributed by atoms with Gasteiger partial charge in [0.1, 0.15) is 0 Å². The quantitative estimate of drug-likeness (QED) is 0.566. The first-order chi connectivity index (χ1) is 6.29. The number of rotatable bonds is 4. The zero-order chi connectivity index (χ0) is 11.4. The third kappa shape index (κ3) is 2.47. The molecule has 0 spiro atoms. The minimum atomic E-state index is -5.06. The van der Waals surface area contributed by atoms with E-state index in [1.54, 1.807) is 0 Å². The average molecular weight is 212 g/mol. The van der Waals surface area contributed by atoms with Crippen LogP contribution in [0.15, 0.2) is 12.7 Å². The van der Waals surface area contributed by atoms with Crippen molar-refractivity contribution in [2.24, 2.45) is 0 Å². The Morgan fingerprint density at radius 2 is 2.07 bits per heavy atom. The van der Waals surface area contributed by atoms with Crippen molar-refractivity contribution in [3.8, 4) is 0 Å². The standard InChI is InChI=1S/C8H11F3O3/c1-3-5-7(13,8(9,10)11)6(12)14-4-2/h3,13H,1,4-5H2,2H3. The molecule has 0 saturated heterocycles. The van der Waals surface area contributed by atoms with Gasteiger partial charge in [0.25, 0.3) is 5.60 Å². The molecule has 0 rings (SSSR count). The number of carbonyl (C=O) groups is 1. The van der Waals surface area contributed by atoms with E-state index < -0.39 is 24.2 Å². The van der Waals surface area contributed by atoms with Crippen LogP contribution < -0.4 is 0 Å². The van der Waals surface area contributed by atoms with E-state index in [9.17, 15) is 18.0 Å². The van der Waals surface area contributed by atoms with Gasteiger partial charge in [-0.2, -0.15) is 13.2 Å². The number of alkyl halides is 3. The van der Waals surface area contributed by atoms with Gasteiger partial charge in [-0.3, -0.25) is 0 Å². The Morgan fingerprint density at radius 3 is 2.36 bits per heavy atom. The molecule has 0 amide bonds. The van der Waals surface area contributed by atoms with Crippen molar-refractivity contribution in [1.29, 1.82) is 0 Å².